The lowest BCUT2D eigenvalue weighted by molar-refractivity contribution is 0.112. The zero-order valence-electron chi connectivity index (χ0n) is 10.9. The highest BCUT2D eigenvalue weighted by Crippen LogP contribution is 2.19. The molecule has 4 nitrogen and oxygen atoms in total. The van der Waals surface area contributed by atoms with Crippen molar-refractivity contribution in [2.75, 3.05) is 0 Å². The minimum atomic E-state index is -4.29. The van der Waals surface area contributed by atoms with Crippen LogP contribution in [0.2, 0.25) is 0 Å². The molecule has 0 saturated carbocycles. The number of carbonyl (C=O) groups is 1. The summed E-state index contributed by atoms with van der Waals surface area (Å²) in [7, 11) is -4.29. The van der Waals surface area contributed by atoms with Crippen molar-refractivity contribution in [2.24, 2.45) is 0 Å². The van der Waals surface area contributed by atoms with Crippen LogP contribution >= 0.6 is 0 Å². The van der Waals surface area contributed by atoms with E-state index in [2.05, 4.69) is 0 Å². The van der Waals surface area contributed by atoms with E-state index in [0.717, 1.165) is 16.7 Å². The van der Waals surface area contributed by atoms with Gasteiger partial charge >= 0.3 is 0 Å². The monoisotopic (exact) mass is 290 g/mol. The van der Waals surface area contributed by atoms with Gasteiger partial charge in [-0.15, -0.1) is 0 Å². The quantitative estimate of drug-likeness (QED) is 0.694. The van der Waals surface area contributed by atoms with Crippen molar-refractivity contribution < 1.29 is 17.8 Å². The number of benzene rings is 2. The molecule has 2 aromatic carbocycles. The topological polar surface area (TPSA) is 71.4 Å². The molecule has 20 heavy (non-hydrogen) atoms. The number of carbonyl (C=O) groups excluding carboxylic acids is 1. The van der Waals surface area contributed by atoms with Gasteiger partial charge in [-0.05, 0) is 42.2 Å². The zero-order valence-corrected chi connectivity index (χ0v) is 11.7. The Morgan fingerprint density at radius 1 is 1.10 bits per heavy atom. The van der Waals surface area contributed by atoms with Crippen molar-refractivity contribution >= 4 is 16.4 Å². The van der Waals surface area contributed by atoms with Crippen molar-refractivity contribution in [1.29, 1.82) is 0 Å². The van der Waals surface area contributed by atoms with Crippen LogP contribution in [0, 0.1) is 6.92 Å². The highest BCUT2D eigenvalue weighted by Gasteiger charge is 2.13. The fraction of sp³-hybridized carbons (Fsp3) is 0.133. The van der Waals surface area contributed by atoms with Gasteiger partial charge in [-0.25, -0.2) is 0 Å². The number of hydrogen-bond acceptors (Lipinski definition) is 3. The van der Waals surface area contributed by atoms with E-state index in [1.54, 1.807) is 6.07 Å². The smallest absolute Gasteiger partial charge is 0.294 e. The Morgan fingerprint density at radius 2 is 1.80 bits per heavy atom. The molecule has 0 aliphatic heterocycles. The van der Waals surface area contributed by atoms with Crippen LogP contribution in [0.15, 0.2) is 47.4 Å². The Hall–Kier alpha value is -1.98. The summed E-state index contributed by atoms with van der Waals surface area (Å²) in [6.45, 7) is 1.97. The van der Waals surface area contributed by atoms with E-state index in [4.69, 9.17) is 4.55 Å². The normalized spacial score (nSPS) is 11.3. The van der Waals surface area contributed by atoms with Gasteiger partial charge in [0.1, 0.15) is 6.29 Å². The summed E-state index contributed by atoms with van der Waals surface area (Å²) in [5.41, 5.74) is 3.16. The van der Waals surface area contributed by atoms with E-state index in [1.165, 1.54) is 12.1 Å². The van der Waals surface area contributed by atoms with Crippen molar-refractivity contribution in [3.8, 4) is 0 Å². The molecule has 2 rings (SSSR count). The van der Waals surface area contributed by atoms with E-state index in [1.807, 2.05) is 31.2 Å². The van der Waals surface area contributed by atoms with Crippen LogP contribution in [0.1, 0.15) is 27.0 Å². The molecule has 104 valence electrons. The van der Waals surface area contributed by atoms with E-state index in [9.17, 15) is 13.2 Å². The Morgan fingerprint density at radius 3 is 2.40 bits per heavy atom. The maximum atomic E-state index is 11.1. The van der Waals surface area contributed by atoms with Gasteiger partial charge in [0.05, 0.1) is 4.90 Å². The van der Waals surface area contributed by atoms with Gasteiger partial charge in [-0.1, -0.05) is 30.3 Å². The van der Waals surface area contributed by atoms with E-state index in [0.29, 0.717) is 12.7 Å². The summed E-state index contributed by atoms with van der Waals surface area (Å²) in [5, 5.41) is 0. The molecule has 0 atom stereocenters. The number of rotatable bonds is 4. The summed E-state index contributed by atoms with van der Waals surface area (Å²) in [6.07, 6.45) is 1.13. The molecule has 0 fully saturated rings. The molecule has 0 aliphatic rings. The molecule has 0 bridgehead atoms. The first kappa shape index (κ1) is 14.4. The molecule has 0 aliphatic carbocycles. The van der Waals surface area contributed by atoms with Gasteiger partial charge in [-0.3, -0.25) is 9.35 Å². The SMILES string of the molecule is Cc1ccccc1Cc1ccc(S(=O)(=O)O)cc1C=O. The fourth-order valence-electron chi connectivity index (χ4n) is 2.02. The summed E-state index contributed by atoms with van der Waals surface area (Å²) in [6, 6.07) is 11.8. The Balaban J connectivity index is 2.43. The lowest BCUT2D eigenvalue weighted by Crippen LogP contribution is -2.02. The first-order chi connectivity index (χ1) is 9.41. The lowest BCUT2D eigenvalue weighted by atomic mass is 9.97. The van der Waals surface area contributed by atoms with Gasteiger partial charge in [-0.2, -0.15) is 8.42 Å². The van der Waals surface area contributed by atoms with Crippen LogP contribution in [0.5, 0.6) is 0 Å². The van der Waals surface area contributed by atoms with Crippen LogP contribution in [-0.4, -0.2) is 19.3 Å². The van der Waals surface area contributed by atoms with Crippen LogP contribution in [0.3, 0.4) is 0 Å². The Labute approximate surface area is 117 Å². The van der Waals surface area contributed by atoms with Crippen LogP contribution < -0.4 is 0 Å². The third-order valence-electron chi connectivity index (χ3n) is 3.18. The second-order valence-electron chi connectivity index (χ2n) is 4.56. The summed E-state index contributed by atoms with van der Waals surface area (Å²) >= 11 is 0. The molecule has 0 aromatic heterocycles. The molecule has 0 amide bonds. The van der Waals surface area contributed by atoms with Gasteiger partial charge < -0.3 is 0 Å². The van der Waals surface area contributed by atoms with Crippen molar-refractivity contribution in [1.82, 2.24) is 0 Å². The molecule has 0 radical (unpaired) electrons. The maximum Gasteiger partial charge on any atom is 0.294 e. The number of hydrogen-bond donors (Lipinski definition) is 1. The third-order valence-corrected chi connectivity index (χ3v) is 4.03. The van der Waals surface area contributed by atoms with E-state index >= 15 is 0 Å². The molecule has 5 heteroatoms. The van der Waals surface area contributed by atoms with E-state index in [-0.39, 0.29) is 10.5 Å². The summed E-state index contributed by atoms with van der Waals surface area (Å²) < 4.78 is 31.1. The molecule has 0 unspecified atom stereocenters. The van der Waals surface area contributed by atoms with Crippen LogP contribution in [0.4, 0.5) is 0 Å². The molecule has 1 N–H and O–H groups in total. The maximum absolute atomic E-state index is 11.1. The van der Waals surface area contributed by atoms with Gasteiger partial charge in [0.2, 0.25) is 0 Å². The fourth-order valence-corrected chi connectivity index (χ4v) is 2.53. The Kier molecular flexibility index (Phi) is 4.01. The van der Waals surface area contributed by atoms with Gasteiger partial charge in [0.15, 0.2) is 0 Å². The molecule has 0 saturated heterocycles. The van der Waals surface area contributed by atoms with Crippen LogP contribution in [0.25, 0.3) is 0 Å². The first-order valence-corrected chi connectivity index (χ1v) is 7.46. The standard InChI is InChI=1S/C15H14O4S/c1-11-4-2-3-5-12(11)8-13-6-7-15(20(17,18)19)9-14(13)10-16/h2-7,9-10H,8H2,1H3,(H,17,18,19). The van der Waals surface area contributed by atoms with Crippen molar-refractivity contribution in [3.63, 3.8) is 0 Å². The number of aldehydes is 1. The molecular weight excluding hydrogens is 276 g/mol. The lowest BCUT2D eigenvalue weighted by Gasteiger charge is -2.09. The van der Waals surface area contributed by atoms with Crippen molar-refractivity contribution in [3.05, 3.63) is 64.7 Å². The van der Waals surface area contributed by atoms with Crippen molar-refractivity contribution in [2.45, 2.75) is 18.2 Å². The minimum absolute atomic E-state index is 0.267. The molecule has 0 heterocycles. The minimum Gasteiger partial charge on any atom is -0.298 e. The van der Waals surface area contributed by atoms with Gasteiger partial charge in [0.25, 0.3) is 10.1 Å². The average Bonchev–Trinajstić information content (AvgIpc) is 2.40. The highest BCUT2D eigenvalue weighted by atomic mass is 32.2. The first-order valence-electron chi connectivity index (χ1n) is 6.02. The predicted molar refractivity (Wildman–Crippen MR) is 75.6 cm³/mol. The second-order valence-corrected chi connectivity index (χ2v) is 5.98. The number of aryl methyl sites for hydroxylation is 1. The highest BCUT2D eigenvalue weighted by molar-refractivity contribution is 7.85. The molecular formula is C15H14O4S. The van der Waals surface area contributed by atoms with Gasteiger partial charge in [0, 0.05) is 5.56 Å². The average molecular weight is 290 g/mol. The third kappa shape index (κ3) is 3.12. The largest absolute Gasteiger partial charge is 0.298 e. The van der Waals surface area contributed by atoms with E-state index < -0.39 is 10.1 Å². The van der Waals surface area contributed by atoms with Crippen LogP contribution in [-0.2, 0) is 16.5 Å². The summed E-state index contributed by atoms with van der Waals surface area (Å²) in [4.78, 5) is 10.8. The molecule has 0 spiro atoms. The summed E-state index contributed by atoms with van der Waals surface area (Å²) in [5.74, 6) is 0. The molecule has 2 aromatic rings. The Bertz CT molecular complexity index is 748. The predicted octanol–water partition coefficient (Wildman–Crippen LogP) is 2.65. The zero-order chi connectivity index (χ0) is 14.8. The second kappa shape index (κ2) is 5.56.